The van der Waals surface area contributed by atoms with E-state index < -0.39 is 0 Å². The van der Waals surface area contributed by atoms with Crippen molar-refractivity contribution in [1.29, 1.82) is 0 Å². The molecule has 136 valence electrons. The van der Waals surface area contributed by atoms with Gasteiger partial charge in [0, 0.05) is 51.9 Å². The zero-order valence-corrected chi connectivity index (χ0v) is 14.8. The van der Waals surface area contributed by atoms with Crippen LogP contribution < -0.4 is 15.5 Å². The summed E-state index contributed by atoms with van der Waals surface area (Å²) in [7, 11) is 0. The number of nitrogens with zero attached hydrogens (tertiary/aromatic N) is 3. The van der Waals surface area contributed by atoms with Crippen LogP contribution in [0.3, 0.4) is 0 Å². The van der Waals surface area contributed by atoms with E-state index in [0.29, 0.717) is 19.6 Å². The van der Waals surface area contributed by atoms with Crippen molar-refractivity contribution in [2.75, 3.05) is 31.1 Å². The van der Waals surface area contributed by atoms with Crippen molar-refractivity contribution in [3.63, 3.8) is 0 Å². The molecular weight excluding hydrogens is 318 g/mol. The summed E-state index contributed by atoms with van der Waals surface area (Å²) in [5.74, 6) is 1.10. The molecule has 3 heterocycles. The van der Waals surface area contributed by atoms with E-state index in [1.165, 1.54) is 12.8 Å². The first-order valence-electron chi connectivity index (χ1n) is 9.11. The van der Waals surface area contributed by atoms with Crippen molar-refractivity contribution in [3.8, 4) is 0 Å². The van der Waals surface area contributed by atoms with E-state index in [1.807, 2.05) is 11.0 Å². The average molecular weight is 345 g/mol. The Morgan fingerprint density at radius 2 is 1.92 bits per heavy atom. The van der Waals surface area contributed by atoms with E-state index in [0.717, 1.165) is 37.3 Å². The lowest BCUT2D eigenvalue weighted by molar-refractivity contribution is -0.129. The van der Waals surface area contributed by atoms with Crippen molar-refractivity contribution in [2.24, 2.45) is 0 Å². The number of hydrogen-bond donors (Lipinski definition) is 2. The van der Waals surface area contributed by atoms with Gasteiger partial charge in [-0.05, 0) is 43.4 Å². The fourth-order valence-electron chi connectivity index (χ4n) is 3.45. The monoisotopic (exact) mass is 345 g/mol. The minimum Gasteiger partial charge on any atom is -0.357 e. The molecule has 0 aliphatic carbocycles. The number of amides is 3. The van der Waals surface area contributed by atoms with Crippen LogP contribution in [0.1, 0.15) is 38.2 Å². The Bertz CT molecular complexity index is 607. The van der Waals surface area contributed by atoms with Crippen molar-refractivity contribution in [2.45, 2.75) is 45.2 Å². The molecule has 1 aromatic rings. The molecule has 2 fully saturated rings. The number of piperidine rings is 1. The molecule has 0 aromatic carbocycles. The van der Waals surface area contributed by atoms with Crippen LogP contribution in [0.4, 0.5) is 10.6 Å². The van der Waals surface area contributed by atoms with E-state index in [-0.39, 0.29) is 18.0 Å². The summed E-state index contributed by atoms with van der Waals surface area (Å²) >= 11 is 0. The molecule has 7 nitrogen and oxygen atoms in total. The van der Waals surface area contributed by atoms with E-state index in [1.54, 1.807) is 13.1 Å². The molecule has 0 bridgehead atoms. The summed E-state index contributed by atoms with van der Waals surface area (Å²) < 4.78 is 0. The molecule has 0 saturated carbocycles. The van der Waals surface area contributed by atoms with Crippen LogP contribution in [0, 0.1) is 0 Å². The molecule has 7 heteroatoms. The third kappa shape index (κ3) is 4.84. The lowest BCUT2D eigenvalue weighted by Gasteiger charge is -2.31. The zero-order chi connectivity index (χ0) is 17.6. The first kappa shape index (κ1) is 17.5. The number of carbonyl (C=O) groups is 2. The van der Waals surface area contributed by atoms with Crippen LogP contribution in [0.2, 0.25) is 0 Å². The second-order valence-electron chi connectivity index (χ2n) is 6.82. The van der Waals surface area contributed by atoms with Gasteiger partial charge in [-0.15, -0.1) is 0 Å². The molecule has 2 saturated heterocycles. The fraction of sp³-hybridized carbons (Fsp3) is 0.611. The number of nitrogens with one attached hydrogen (secondary N) is 2. The summed E-state index contributed by atoms with van der Waals surface area (Å²) in [6.07, 6.45) is 5.85. The highest BCUT2D eigenvalue weighted by Gasteiger charge is 2.21. The van der Waals surface area contributed by atoms with Crippen LogP contribution >= 0.6 is 0 Å². The highest BCUT2D eigenvalue weighted by Crippen LogP contribution is 2.18. The third-order valence-electron chi connectivity index (χ3n) is 4.97. The maximum atomic E-state index is 12.1. The topological polar surface area (TPSA) is 77.6 Å². The maximum absolute atomic E-state index is 12.1. The molecule has 0 unspecified atom stereocenters. The Labute approximate surface area is 148 Å². The third-order valence-corrected chi connectivity index (χ3v) is 4.97. The number of likely N-dealkylation sites (tertiary alicyclic amines) is 1. The van der Waals surface area contributed by atoms with Gasteiger partial charge in [0.1, 0.15) is 5.82 Å². The van der Waals surface area contributed by atoms with Crippen molar-refractivity contribution >= 4 is 17.8 Å². The van der Waals surface area contributed by atoms with Gasteiger partial charge >= 0.3 is 6.03 Å². The number of carbonyl (C=O) groups excluding carboxylic acids is 2. The number of rotatable bonds is 4. The number of anilines is 1. The van der Waals surface area contributed by atoms with E-state index in [2.05, 4.69) is 26.6 Å². The lowest BCUT2D eigenvalue weighted by atomic mass is 10.1. The van der Waals surface area contributed by atoms with Crippen LogP contribution in [0.15, 0.2) is 18.3 Å². The van der Waals surface area contributed by atoms with Crippen LogP contribution in [-0.2, 0) is 11.3 Å². The highest BCUT2D eigenvalue weighted by atomic mass is 16.2. The summed E-state index contributed by atoms with van der Waals surface area (Å²) in [6, 6.07) is 3.97. The van der Waals surface area contributed by atoms with Crippen molar-refractivity contribution < 1.29 is 9.59 Å². The Morgan fingerprint density at radius 1 is 1.20 bits per heavy atom. The standard InChI is InChI=1S/C18H27N5O2/c1-14(24)22-10-5-16(6-11-22)21-18(25)20-13-15-4-7-19-17(12-15)23-8-2-3-9-23/h4,7,12,16H,2-3,5-6,8-11,13H2,1H3,(H2,20,21,25). The molecule has 0 atom stereocenters. The molecule has 25 heavy (non-hydrogen) atoms. The highest BCUT2D eigenvalue weighted by molar-refractivity contribution is 5.75. The van der Waals surface area contributed by atoms with Gasteiger partial charge in [-0.1, -0.05) is 0 Å². The number of urea groups is 1. The molecule has 3 amide bonds. The second kappa shape index (κ2) is 8.18. The average Bonchev–Trinajstić information content (AvgIpc) is 3.15. The van der Waals surface area contributed by atoms with Gasteiger partial charge in [0.2, 0.25) is 5.91 Å². The van der Waals surface area contributed by atoms with Crippen molar-refractivity contribution in [1.82, 2.24) is 20.5 Å². The van der Waals surface area contributed by atoms with Gasteiger partial charge < -0.3 is 20.4 Å². The summed E-state index contributed by atoms with van der Waals surface area (Å²) in [6.45, 7) is 5.62. The lowest BCUT2D eigenvalue weighted by Crippen LogP contribution is -2.48. The molecule has 0 spiro atoms. The van der Waals surface area contributed by atoms with Crippen LogP contribution in [0.25, 0.3) is 0 Å². The molecule has 0 radical (unpaired) electrons. The SMILES string of the molecule is CC(=O)N1CCC(NC(=O)NCc2ccnc(N3CCCC3)c2)CC1. The van der Waals surface area contributed by atoms with E-state index >= 15 is 0 Å². The van der Waals surface area contributed by atoms with E-state index in [4.69, 9.17) is 0 Å². The minimum atomic E-state index is -0.152. The minimum absolute atomic E-state index is 0.106. The molecular formula is C18H27N5O2. The fourth-order valence-corrected chi connectivity index (χ4v) is 3.45. The van der Waals surface area contributed by atoms with Crippen molar-refractivity contribution in [3.05, 3.63) is 23.9 Å². The second-order valence-corrected chi connectivity index (χ2v) is 6.82. The number of hydrogen-bond acceptors (Lipinski definition) is 4. The van der Waals surface area contributed by atoms with E-state index in [9.17, 15) is 9.59 Å². The van der Waals surface area contributed by atoms with Crippen LogP contribution in [0.5, 0.6) is 0 Å². The molecule has 1 aromatic heterocycles. The van der Waals surface area contributed by atoms with Crippen LogP contribution in [-0.4, -0.2) is 54.0 Å². The molecule has 2 aliphatic rings. The molecule has 2 N–H and O–H groups in total. The Hall–Kier alpha value is -2.31. The smallest absolute Gasteiger partial charge is 0.315 e. The van der Waals surface area contributed by atoms with Gasteiger partial charge in [0.25, 0.3) is 0 Å². The predicted octanol–water partition coefficient (Wildman–Crippen LogP) is 1.49. The molecule has 2 aliphatic heterocycles. The Kier molecular flexibility index (Phi) is 5.73. The summed E-state index contributed by atoms with van der Waals surface area (Å²) in [5.41, 5.74) is 1.05. The van der Waals surface area contributed by atoms with Gasteiger partial charge in [0.05, 0.1) is 0 Å². The first-order chi connectivity index (χ1) is 12.1. The predicted molar refractivity (Wildman–Crippen MR) is 96.3 cm³/mol. The summed E-state index contributed by atoms with van der Waals surface area (Å²) in [4.78, 5) is 32.0. The summed E-state index contributed by atoms with van der Waals surface area (Å²) in [5, 5.41) is 5.93. The van der Waals surface area contributed by atoms with Gasteiger partial charge in [-0.2, -0.15) is 0 Å². The van der Waals surface area contributed by atoms with Gasteiger partial charge in [0.15, 0.2) is 0 Å². The first-order valence-corrected chi connectivity index (χ1v) is 9.11. The normalized spacial score (nSPS) is 18.3. The largest absolute Gasteiger partial charge is 0.357 e. The Balaban J connectivity index is 1.43. The van der Waals surface area contributed by atoms with Gasteiger partial charge in [-0.25, -0.2) is 9.78 Å². The quantitative estimate of drug-likeness (QED) is 0.867. The van der Waals surface area contributed by atoms with Gasteiger partial charge in [-0.3, -0.25) is 4.79 Å². The Morgan fingerprint density at radius 3 is 2.60 bits per heavy atom. The number of aromatic nitrogens is 1. The zero-order valence-electron chi connectivity index (χ0n) is 14.8. The number of pyridine rings is 1. The molecule has 3 rings (SSSR count). The maximum Gasteiger partial charge on any atom is 0.315 e.